The van der Waals surface area contributed by atoms with E-state index in [1.165, 1.54) is 5.56 Å². The van der Waals surface area contributed by atoms with Crippen molar-refractivity contribution in [1.82, 2.24) is 4.98 Å². The van der Waals surface area contributed by atoms with E-state index in [1.807, 2.05) is 6.07 Å². The molecule has 82 valence electrons. The van der Waals surface area contributed by atoms with E-state index in [4.69, 9.17) is 0 Å². The van der Waals surface area contributed by atoms with Crippen LogP contribution in [0.2, 0.25) is 0 Å². The summed E-state index contributed by atoms with van der Waals surface area (Å²) in [6.07, 6.45) is 2.98. The van der Waals surface area contributed by atoms with Gasteiger partial charge in [-0.1, -0.05) is 29.8 Å². The summed E-state index contributed by atoms with van der Waals surface area (Å²) in [5.41, 5.74) is 4.26. The Kier molecular flexibility index (Phi) is 3.02. The summed E-state index contributed by atoms with van der Waals surface area (Å²) in [5.74, 6) is 0. The smallest absolute Gasteiger partial charge is 0.0782 e. The van der Waals surface area contributed by atoms with Gasteiger partial charge in [-0.05, 0) is 31.0 Å². The molecule has 0 fully saturated rings. The number of hydrogen-bond donors (Lipinski definition) is 1. The first-order valence-corrected chi connectivity index (χ1v) is 5.37. The second kappa shape index (κ2) is 4.45. The molecule has 2 heteroatoms. The Balaban J connectivity index is 2.51. The van der Waals surface area contributed by atoms with E-state index < -0.39 is 6.10 Å². The number of aliphatic hydroxyl groups excluding tert-OH is 1. The fraction of sp³-hybridized carbons (Fsp3) is 0.214. The van der Waals surface area contributed by atoms with E-state index in [2.05, 4.69) is 36.2 Å². The standard InChI is InChI=1S/C14H15NO/c1-10-3-5-12(6-4-10)13-7-8-15-9-14(13)11(2)16/h3-9,11,16H,1-2H3. The molecular formula is C14H15NO. The van der Waals surface area contributed by atoms with Crippen LogP contribution in [-0.2, 0) is 0 Å². The van der Waals surface area contributed by atoms with Crippen LogP contribution < -0.4 is 0 Å². The summed E-state index contributed by atoms with van der Waals surface area (Å²) in [7, 11) is 0. The maximum atomic E-state index is 9.68. The van der Waals surface area contributed by atoms with Crippen molar-refractivity contribution in [3.05, 3.63) is 53.9 Å². The third-order valence-corrected chi connectivity index (χ3v) is 2.66. The third-order valence-electron chi connectivity index (χ3n) is 2.66. The first-order valence-electron chi connectivity index (χ1n) is 5.37. The van der Waals surface area contributed by atoms with E-state index in [0.29, 0.717) is 0 Å². The summed E-state index contributed by atoms with van der Waals surface area (Å²) >= 11 is 0. The number of hydrogen-bond acceptors (Lipinski definition) is 2. The number of pyridine rings is 1. The summed E-state index contributed by atoms with van der Waals surface area (Å²) in [4.78, 5) is 4.05. The molecular weight excluding hydrogens is 198 g/mol. The lowest BCUT2D eigenvalue weighted by atomic mass is 9.98. The molecule has 0 saturated carbocycles. The van der Waals surface area contributed by atoms with E-state index in [9.17, 15) is 5.11 Å². The van der Waals surface area contributed by atoms with Crippen molar-refractivity contribution in [3.63, 3.8) is 0 Å². The van der Waals surface area contributed by atoms with E-state index in [0.717, 1.165) is 16.7 Å². The number of rotatable bonds is 2. The third kappa shape index (κ3) is 2.12. The Morgan fingerprint density at radius 1 is 1.12 bits per heavy atom. The highest BCUT2D eigenvalue weighted by Gasteiger charge is 2.08. The van der Waals surface area contributed by atoms with Crippen LogP contribution in [-0.4, -0.2) is 10.1 Å². The lowest BCUT2D eigenvalue weighted by Gasteiger charge is -2.11. The van der Waals surface area contributed by atoms with Crippen molar-refractivity contribution in [1.29, 1.82) is 0 Å². The second-order valence-electron chi connectivity index (χ2n) is 4.00. The predicted molar refractivity (Wildman–Crippen MR) is 65.0 cm³/mol. The van der Waals surface area contributed by atoms with Gasteiger partial charge in [-0.25, -0.2) is 0 Å². The second-order valence-corrected chi connectivity index (χ2v) is 4.00. The number of aromatic nitrogens is 1. The highest BCUT2D eigenvalue weighted by atomic mass is 16.3. The molecule has 1 N–H and O–H groups in total. The normalized spacial score (nSPS) is 12.4. The van der Waals surface area contributed by atoms with Crippen molar-refractivity contribution < 1.29 is 5.11 Å². The summed E-state index contributed by atoms with van der Waals surface area (Å²) < 4.78 is 0. The van der Waals surface area contributed by atoms with Gasteiger partial charge < -0.3 is 5.11 Å². The van der Waals surface area contributed by atoms with Crippen LogP contribution in [0.25, 0.3) is 11.1 Å². The van der Waals surface area contributed by atoms with Gasteiger partial charge in [0.25, 0.3) is 0 Å². The van der Waals surface area contributed by atoms with Gasteiger partial charge >= 0.3 is 0 Å². The minimum absolute atomic E-state index is 0.495. The lowest BCUT2D eigenvalue weighted by molar-refractivity contribution is 0.199. The average molecular weight is 213 g/mol. The van der Waals surface area contributed by atoms with Crippen molar-refractivity contribution in [3.8, 4) is 11.1 Å². The van der Waals surface area contributed by atoms with Gasteiger partial charge in [0.05, 0.1) is 6.10 Å². The zero-order valence-electron chi connectivity index (χ0n) is 9.51. The van der Waals surface area contributed by atoms with Crippen LogP contribution >= 0.6 is 0 Å². The summed E-state index contributed by atoms with van der Waals surface area (Å²) in [6.45, 7) is 3.82. The van der Waals surface area contributed by atoms with Crippen LogP contribution in [0.5, 0.6) is 0 Å². The molecule has 0 bridgehead atoms. The molecule has 0 radical (unpaired) electrons. The monoisotopic (exact) mass is 213 g/mol. The van der Waals surface area contributed by atoms with Crippen molar-refractivity contribution >= 4 is 0 Å². The quantitative estimate of drug-likeness (QED) is 0.831. The Morgan fingerprint density at radius 2 is 1.81 bits per heavy atom. The topological polar surface area (TPSA) is 33.1 Å². The molecule has 16 heavy (non-hydrogen) atoms. The first kappa shape index (κ1) is 10.8. The summed E-state index contributed by atoms with van der Waals surface area (Å²) in [6, 6.07) is 10.2. The molecule has 1 aromatic carbocycles. The van der Waals surface area contributed by atoms with Crippen LogP contribution in [0.4, 0.5) is 0 Å². The predicted octanol–water partition coefficient (Wildman–Crippen LogP) is 3.11. The molecule has 0 spiro atoms. The average Bonchev–Trinajstić information content (AvgIpc) is 2.30. The van der Waals surface area contributed by atoms with Gasteiger partial charge in [0, 0.05) is 18.0 Å². The molecule has 0 aliphatic heterocycles. The Labute approximate surface area is 95.6 Å². The maximum absolute atomic E-state index is 9.68. The minimum atomic E-state index is -0.495. The first-order chi connectivity index (χ1) is 7.68. The fourth-order valence-electron chi connectivity index (χ4n) is 1.74. The van der Waals surface area contributed by atoms with Gasteiger partial charge in [0.15, 0.2) is 0 Å². The van der Waals surface area contributed by atoms with Crippen LogP contribution in [0.15, 0.2) is 42.7 Å². The Bertz CT molecular complexity index is 474. The molecule has 0 aliphatic rings. The van der Waals surface area contributed by atoms with E-state index in [1.54, 1.807) is 19.3 Å². The molecule has 2 nitrogen and oxygen atoms in total. The molecule has 1 heterocycles. The molecule has 1 aromatic heterocycles. The summed E-state index contributed by atoms with van der Waals surface area (Å²) in [5, 5.41) is 9.68. The van der Waals surface area contributed by atoms with Crippen LogP contribution in [0.3, 0.4) is 0 Å². The Morgan fingerprint density at radius 3 is 2.44 bits per heavy atom. The van der Waals surface area contributed by atoms with Gasteiger partial charge in [0.1, 0.15) is 0 Å². The zero-order valence-corrected chi connectivity index (χ0v) is 9.51. The van der Waals surface area contributed by atoms with Crippen molar-refractivity contribution in [2.75, 3.05) is 0 Å². The SMILES string of the molecule is Cc1ccc(-c2ccncc2C(C)O)cc1. The highest BCUT2D eigenvalue weighted by molar-refractivity contribution is 5.67. The van der Waals surface area contributed by atoms with Crippen molar-refractivity contribution in [2.45, 2.75) is 20.0 Å². The van der Waals surface area contributed by atoms with Crippen LogP contribution in [0.1, 0.15) is 24.2 Å². The lowest BCUT2D eigenvalue weighted by Crippen LogP contribution is -1.95. The fourth-order valence-corrected chi connectivity index (χ4v) is 1.74. The van der Waals surface area contributed by atoms with Crippen molar-refractivity contribution in [2.24, 2.45) is 0 Å². The van der Waals surface area contributed by atoms with Gasteiger partial charge in [-0.3, -0.25) is 4.98 Å². The highest BCUT2D eigenvalue weighted by Crippen LogP contribution is 2.27. The van der Waals surface area contributed by atoms with E-state index >= 15 is 0 Å². The minimum Gasteiger partial charge on any atom is -0.389 e. The molecule has 2 rings (SSSR count). The maximum Gasteiger partial charge on any atom is 0.0782 e. The number of aliphatic hydroxyl groups is 1. The molecule has 0 amide bonds. The number of benzene rings is 1. The van der Waals surface area contributed by atoms with Crippen LogP contribution in [0, 0.1) is 6.92 Å². The van der Waals surface area contributed by atoms with Gasteiger partial charge in [-0.2, -0.15) is 0 Å². The number of nitrogens with zero attached hydrogens (tertiary/aromatic N) is 1. The molecule has 2 aromatic rings. The largest absolute Gasteiger partial charge is 0.389 e. The molecule has 1 atom stereocenters. The molecule has 0 saturated heterocycles. The zero-order chi connectivity index (χ0) is 11.5. The van der Waals surface area contributed by atoms with Gasteiger partial charge in [0.2, 0.25) is 0 Å². The molecule has 0 aliphatic carbocycles. The van der Waals surface area contributed by atoms with Gasteiger partial charge in [-0.15, -0.1) is 0 Å². The number of aryl methyl sites for hydroxylation is 1. The van der Waals surface area contributed by atoms with E-state index in [-0.39, 0.29) is 0 Å². The molecule has 1 unspecified atom stereocenters. The Hall–Kier alpha value is -1.67.